The number of benzene rings is 1. The van der Waals surface area contributed by atoms with Gasteiger partial charge < -0.3 is 25.6 Å². The van der Waals surface area contributed by atoms with Crippen LogP contribution in [-0.4, -0.2) is 96.1 Å². The zero-order valence-electron chi connectivity index (χ0n) is 23.4. The lowest BCUT2D eigenvalue weighted by Crippen LogP contribution is -2.74. The van der Waals surface area contributed by atoms with Crippen molar-refractivity contribution in [2.75, 3.05) is 40.2 Å². The van der Waals surface area contributed by atoms with Gasteiger partial charge in [-0.1, -0.05) is 0 Å². The second-order valence-corrected chi connectivity index (χ2v) is 11.4. The van der Waals surface area contributed by atoms with E-state index in [1.807, 2.05) is 0 Å². The molecule has 1 heterocycles. The number of hydrogen-bond donors (Lipinski definition) is 3. The molecule has 0 radical (unpaired) electrons. The van der Waals surface area contributed by atoms with Gasteiger partial charge in [0.15, 0.2) is 34.7 Å². The Hall–Kier alpha value is -4.16. The number of nitrogens with two attached hydrogens (primary N) is 1. The van der Waals surface area contributed by atoms with Crippen molar-refractivity contribution in [3.8, 4) is 22.8 Å². The van der Waals surface area contributed by atoms with E-state index < -0.39 is 64.4 Å². The van der Waals surface area contributed by atoms with Gasteiger partial charge in [-0.2, -0.15) is 0 Å². The molecule has 1 aromatic heterocycles. The quantitative estimate of drug-likeness (QED) is 0.416. The number of carbonyl (C=O) groups excluding carboxylic acids is 5. The Balaban J connectivity index is 1.67. The van der Waals surface area contributed by atoms with Gasteiger partial charge in [-0.05, 0) is 50.6 Å². The Morgan fingerprint density at radius 1 is 1.12 bits per heavy atom. The number of likely N-dealkylation sites (N-methyl/N-ethyl adjacent to an activating group) is 1. The first-order chi connectivity index (χ1) is 19.2. The third kappa shape index (κ3) is 3.96. The molecule has 12 nitrogen and oxygen atoms in total. The number of phenolic OH excluding ortho intramolecular Hbond substituents is 1. The zero-order valence-corrected chi connectivity index (χ0v) is 23.4. The van der Waals surface area contributed by atoms with Gasteiger partial charge in [0, 0.05) is 49.1 Å². The number of anilines is 1. The summed E-state index contributed by atoms with van der Waals surface area (Å²) < 4.78 is 5.11. The van der Waals surface area contributed by atoms with Crippen molar-refractivity contribution in [1.29, 1.82) is 0 Å². The van der Waals surface area contributed by atoms with Crippen LogP contribution in [-0.2, 0) is 25.6 Å². The van der Waals surface area contributed by atoms with E-state index in [9.17, 15) is 34.2 Å². The number of ketones is 4. The fourth-order valence-electron chi connectivity index (χ4n) is 6.93. The molecule has 12 heteroatoms. The van der Waals surface area contributed by atoms with Crippen LogP contribution in [0.15, 0.2) is 24.4 Å². The summed E-state index contributed by atoms with van der Waals surface area (Å²) in [4.78, 5) is 74.5. The van der Waals surface area contributed by atoms with Crippen LogP contribution in [0.2, 0.25) is 0 Å². The number of aromatic hydroxyl groups is 1. The number of methoxy groups -OCH3 is 1. The maximum absolute atomic E-state index is 14.1. The molecule has 3 aliphatic carbocycles. The SMILES string of the molecule is COc1ccc(-c2cc(N(C)C)c3c(c2O)C(=O)C2C(=O)[C@@]4(O)C(=O)C(C(N)=O)C(=O)[C@H](N(C)C)[C@H]4C[C@H]2C3)cn1. The normalized spacial score (nSPS) is 29.1. The Kier molecular flexibility index (Phi) is 6.74. The second-order valence-electron chi connectivity index (χ2n) is 11.4. The number of fused-ring (bicyclic) bond motifs is 3. The minimum Gasteiger partial charge on any atom is -0.507 e. The average Bonchev–Trinajstić information content (AvgIpc) is 2.90. The van der Waals surface area contributed by atoms with Gasteiger partial charge in [0.2, 0.25) is 11.8 Å². The summed E-state index contributed by atoms with van der Waals surface area (Å²) in [7, 11) is 8.14. The molecule has 216 valence electrons. The van der Waals surface area contributed by atoms with E-state index >= 15 is 0 Å². The standard InChI is InChI=1S/C29H32N4O8/c1-32(2)17-10-14(12-6-7-18(41-5)31-11-12)23(34)20-15(17)8-13-9-16-22(33(3)4)25(36)21(28(30)39)27(38)29(16,40)26(37)19(13)24(20)35/h6-7,10-11,13,16,19,21-22,34,40H,8-9H2,1-5H3,(H2,30,39)/t13-,16-,19?,21?,22-,29-/m1/s1. The van der Waals surface area contributed by atoms with Crippen molar-refractivity contribution in [3.63, 3.8) is 0 Å². The van der Waals surface area contributed by atoms with Crippen molar-refractivity contribution in [3.05, 3.63) is 35.5 Å². The van der Waals surface area contributed by atoms with E-state index in [4.69, 9.17) is 10.5 Å². The largest absolute Gasteiger partial charge is 0.507 e. The highest BCUT2D eigenvalue weighted by molar-refractivity contribution is 6.32. The van der Waals surface area contributed by atoms with Crippen LogP contribution < -0.4 is 15.4 Å². The van der Waals surface area contributed by atoms with Crippen LogP contribution >= 0.6 is 0 Å². The maximum Gasteiger partial charge on any atom is 0.235 e. The van der Waals surface area contributed by atoms with Crippen LogP contribution in [0.3, 0.4) is 0 Å². The lowest BCUT2D eigenvalue weighted by Gasteiger charge is -2.52. The Labute approximate surface area is 236 Å². The van der Waals surface area contributed by atoms with E-state index in [1.54, 1.807) is 51.3 Å². The number of rotatable bonds is 5. The first-order valence-corrected chi connectivity index (χ1v) is 13.2. The molecule has 1 aromatic carbocycles. The molecule has 5 rings (SSSR count). The zero-order chi connectivity index (χ0) is 30.1. The number of phenols is 1. The van der Waals surface area contributed by atoms with Gasteiger partial charge in [0.1, 0.15) is 5.75 Å². The fourth-order valence-corrected chi connectivity index (χ4v) is 6.93. The van der Waals surface area contributed by atoms with Gasteiger partial charge in [0.25, 0.3) is 0 Å². The summed E-state index contributed by atoms with van der Waals surface area (Å²) in [5.41, 5.74) is 4.48. The molecule has 0 aliphatic heterocycles. The average molecular weight is 565 g/mol. The molecule has 41 heavy (non-hydrogen) atoms. The number of amides is 1. The van der Waals surface area contributed by atoms with Crippen molar-refractivity contribution in [2.24, 2.45) is 29.4 Å². The molecule has 2 fully saturated rings. The van der Waals surface area contributed by atoms with Crippen molar-refractivity contribution < 1.29 is 38.9 Å². The molecule has 1 amide bonds. The van der Waals surface area contributed by atoms with Gasteiger partial charge in [-0.25, -0.2) is 4.98 Å². The highest BCUT2D eigenvalue weighted by Gasteiger charge is 2.69. The van der Waals surface area contributed by atoms with E-state index in [-0.39, 0.29) is 24.2 Å². The molecule has 3 aliphatic rings. The number of aliphatic hydroxyl groups is 1. The molecule has 6 atom stereocenters. The summed E-state index contributed by atoms with van der Waals surface area (Å²) in [6.07, 6.45) is 1.65. The fraction of sp³-hybridized carbons (Fsp3) is 0.448. The highest BCUT2D eigenvalue weighted by atomic mass is 16.5. The number of pyridine rings is 1. The number of aromatic nitrogens is 1. The molecule has 4 N–H and O–H groups in total. The lowest BCUT2D eigenvalue weighted by atomic mass is 9.52. The topological polar surface area (TPSA) is 180 Å². The Bertz CT molecular complexity index is 1500. The number of Topliss-reactive ketones (excluding diaryl/α,β-unsaturated/α-hetero) is 4. The van der Waals surface area contributed by atoms with Crippen molar-refractivity contribution in [2.45, 2.75) is 24.5 Å². The van der Waals surface area contributed by atoms with Gasteiger partial charge in [-0.3, -0.25) is 28.9 Å². The molecular weight excluding hydrogens is 532 g/mol. The number of nitrogens with zero attached hydrogens (tertiary/aromatic N) is 3. The van der Waals surface area contributed by atoms with Crippen molar-refractivity contribution in [1.82, 2.24) is 9.88 Å². The first-order valence-electron chi connectivity index (χ1n) is 13.2. The minimum atomic E-state index is -2.77. The van der Waals surface area contributed by atoms with Crippen LogP contribution in [0.4, 0.5) is 5.69 Å². The van der Waals surface area contributed by atoms with E-state index in [0.29, 0.717) is 28.3 Å². The molecule has 2 aromatic rings. The number of hydrogen-bond acceptors (Lipinski definition) is 11. The number of ether oxygens (including phenoxy) is 1. The summed E-state index contributed by atoms with van der Waals surface area (Å²) >= 11 is 0. The highest BCUT2D eigenvalue weighted by Crippen LogP contribution is 2.53. The summed E-state index contributed by atoms with van der Waals surface area (Å²) in [6, 6.07) is 3.86. The van der Waals surface area contributed by atoms with Crippen LogP contribution in [0, 0.1) is 23.7 Å². The van der Waals surface area contributed by atoms with E-state index in [0.717, 1.165) is 0 Å². The molecule has 0 spiro atoms. The van der Waals surface area contributed by atoms with E-state index in [1.165, 1.54) is 18.2 Å². The third-order valence-corrected chi connectivity index (χ3v) is 8.78. The van der Waals surface area contributed by atoms with Crippen molar-refractivity contribution >= 4 is 34.7 Å². The monoisotopic (exact) mass is 564 g/mol. The van der Waals surface area contributed by atoms with Gasteiger partial charge >= 0.3 is 0 Å². The minimum absolute atomic E-state index is 0.0122. The van der Waals surface area contributed by atoms with Crippen LogP contribution in [0.25, 0.3) is 11.1 Å². The molecule has 0 bridgehead atoms. The second kappa shape index (κ2) is 9.74. The molecule has 0 saturated heterocycles. The maximum atomic E-state index is 14.1. The molecule has 2 saturated carbocycles. The lowest BCUT2D eigenvalue weighted by molar-refractivity contribution is -0.181. The van der Waals surface area contributed by atoms with Gasteiger partial charge in [-0.15, -0.1) is 0 Å². The van der Waals surface area contributed by atoms with Crippen LogP contribution in [0.1, 0.15) is 22.3 Å². The number of carbonyl (C=O) groups is 5. The summed E-state index contributed by atoms with van der Waals surface area (Å²) in [6.45, 7) is 0. The predicted molar refractivity (Wildman–Crippen MR) is 145 cm³/mol. The van der Waals surface area contributed by atoms with Gasteiger partial charge in [0.05, 0.1) is 24.6 Å². The third-order valence-electron chi connectivity index (χ3n) is 8.78. The summed E-state index contributed by atoms with van der Waals surface area (Å²) in [5.74, 6) is -10.5. The smallest absolute Gasteiger partial charge is 0.235 e. The molecular formula is C29H32N4O8. The summed E-state index contributed by atoms with van der Waals surface area (Å²) in [5, 5.41) is 23.2. The van der Waals surface area contributed by atoms with Crippen LogP contribution in [0.5, 0.6) is 11.6 Å². The Morgan fingerprint density at radius 3 is 2.34 bits per heavy atom. The first kappa shape index (κ1) is 28.4. The Morgan fingerprint density at radius 2 is 1.80 bits per heavy atom. The molecule has 2 unspecified atom stereocenters. The predicted octanol–water partition coefficient (Wildman–Crippen LogP) is 0.00360. The van der Waals surface area contributed by atoms with E-state index in [2.05, 4.69) is 4.98 Å². The number of primary amides is 1.